The van der Waals surface area contributed by atoms with Crippen molar-refractivity contribution >= 4 is 88.6 Å². The molecule has 15 amide bonds. The van der Waals surface area contributed by atoms with E-state index in [0.717, 1.165) is 0 Å². The maximum atomic E-state index is 14.9. The van der Waals surface area contributed by atoms with Crippen LogP contribution in [0, 0.1) is 41.4 Å². The Morgan fingerprint density at radius 3 is 0.661 bits per heavy atom. The maximum Gasteiger partial charge on any atom is 0.245 e. The molecule has 0 spiro atoms. The fraction of sp³-hybridized carbons (Fsp3) is 0.824. The maximum absolute atomic E-state index is 14.9. The van der Waals surface area contributed by atoms with Crippen molar-refractivity contribution in [3.63, 3.8) is 0 Å². The van der Waals surface area contributed by atoms with E-state index in [-0.39, 0.29) is 158 Å². The highest BCUT2D eigenvalue weighted by Gasteiger charge is 2.42. The molecule has 0 unspecified atom stereocenters. The summed E-state index contributed by atoms with van der Waals surface area (Å²) in [6, 6.07) is -16.6. The van der Waals surface area contributed by atoms with Crippen LogP contribution in [0.5, 0.6) is 0 Å². The van der Waals surface area contributed by atoms with Crippen LogP contribution in [-0.2, 0) is 71.9 Å². The number of nitrogens with zero attached hydrogens (tertiary/aromatic N) is 1. The molecule has 0 aromatic carbocycles. The van der Waals surface area contributed by atoms with Gasteiger partial charge >= 0.3 is 0 Å². The third kappa shape index (κ3) is 45.7. The predicted molar refractivity (Wildman–Crippen MR) is 468 cm³/mol. The molecule has 1 saturated heterocycles. The number of likely N-dealkylation sites (tertiary alicyclic amines) is 1. The van der Waals surface area contributed by atoms with Gasteiger partial charge in [-0.3, -0.25) is 71.9 Å². The van der Waals surface area contributed by atoms with E-state index >= 15 is 0 Å². The molecular formula is C85H161N21O15. The van der Waals surface area contributed by atoms with E-state index in [1.165, 1.54) is 11.8 Å². The Labute approximate surface area is 720 Å². The fourth-order valence-electron chi connectivity index (χ4n) is 14.5. The number of amides is 15. The van der Waals surface area contributed by atoms with Crippen LogP contribution in [0.4, 0.5) is 0 Å². The monoisotopic (exact) mass is 1720 g/mol. The van der Waals surface area contributed by atoms with Gasteiger partial charge in [-0.25, -0.2) is 0 Å². The molecule has 36 heteroatoms. The van der Waals surface area contributed by atoms with Gasteiger partial charge in [0.05, 0.1) is 0 Å². The lowest BCUT2D eigenvalue weighted by Crippen LogP contribution is -2.61. The molecule has 27 N–H and O–H groups in total. The summed E-state index contributed by atoms with van der Waals surface area (Å²) in [5.41, 5.74) is 40.7. The molecule has 1 aliphatic heterocycles. The van der Waals surface area contributed by atoms with Gasteiger partial charge in [-0.15, -0.1) is 0 Å². The van der Waals surface area contributed by atoms with Gasteiger partial charge in [0.25, 0.3) is 0 Å². The van der Waals surface area contributed by atoms with Gasteiger partial charge in [-0.05, 0) is 254 Å². The first-order chi connectivity index (χ1) is 57.1. The molecule has 0 aromatic rings. The van der Waals surface area contributed by atoms with Crippen molar-refractivity contribution in [1.82, 2.24) is 74.0 Å². The second kappa shape index (κ2) is 61.2. The van der Waals surface area contributed by atoms with Gasteiger partial charge in [-0.1, -0.05) is 96.9 Å². The minimum Gasteiger partial charge on any atom is -0.368 e. The predicted octanol–water partition coefficient (Wildman–Crippen LogP) is 0.882. The van der Waals surface area contributed by atoms with E-state index in [9.17, 15) is 71.9 Å². The van der Waals surface area contributed by atoms with E-state index in [2.05, 4.69) is 69.1 Å². The van der Waals surface area contributed by atoms with Crippen LogP contribution in [0.15, 0.2) is 0 Å². The Bertz CT molecular complexity index is 3180. The number of carbonyl (C=O) groups excluding carboxylic acids is 15. The van der Waals surface area contributed by atoms with Crippen LogP contribution in [0.25, 0.3) is 0 Å². The summed E-state index contributed by atoms with van der Waals surface area (Å²) in [5.74, 6) is -11.3. The topological polar surface area (TPSA) is 598 Å². The van der Waals surface area contributed by atoms with E-state index < -0.39 is 173 Å². The Balaban J connectivity index is 3.75. The number of nitrogens with one attached hydrogen (secondary N) is 13. The molecule has 1 fully saturated rings. The standard InChI is InChI=1S/C85H161N21O15/c1-50(2)43-64(103-83(119)69(48-55(11)12)101-76(112)62(33-20-26-40-90)97-79(115)65(44-51(3)4)102-81(117)67(46-53(7)8)99-73(109)59(93-57(15)107)30-17-23-37-87)78(114)96-60(31-18-24-38-88)74(110)95-61(32-19-25-39-89)75(111)100-68(47-54(9)10)82(118)104-66(45-52(5)6)80(116)98-63(34-21-27-41-91)77(113)105-70(49-56(13)14)85(121)106-42-28-35-71(106)84(120)94-58(72(92)108)29-16-22-36-86/h50-56,58-71H,16-49,86-91H2,1-15H3,(H2,92,108)(H,93,107)(H,94,120)(H,95,110)(H,96,114)(H,97,115)(H,98,116)(H,99,109)(H,100,111)(H,101,112)(H,102,117)(H,103,119)(H,104,118)(H,105,113)/t58-,59-,60-,61-,62-,63-,64-,65-,66-,67-,68-,69-,70-,71-/m0/s1. The number of unbranched alkanes of at least 4 members (excludes halogenated alkanes) is 6. The summed E-state index contributed by atoms with van der Waals surface area (Å²) < 4.78 is 0. The number of primary amides is 1. The molecule has 1 heterocycles. The quantitative estimate of drug-likeness (QED) is 0.0376. The Morgan fingerprint density at radius 1 is 0.264 bits per heavy atom. The minimum absolute atomic E-state index is 0.0333. The SMILES string of the molecule is CC(=O)N[C@@H](CCCCN)C(=O)N[C@@H](CC(C)C)C(=O)N[C@@H](CC(C)C)C(=O)N[C@@H](CCCCN)C(=O)N[C@@H](CC(C)C)C(=O)N[C@@H](CC(C)C)C(=O)N[C@@H](CCCCN)C(=O)N[C@@H](CCCCN)C(=O)N[C@@H](CC(C)C)C(=O)N[C@@H](CC(C)C)C(=O)N[C@@H](CCCCN)C(=O)N[C@@H](CC(C)C)C(=O)N1CCC[C@H]1C(=O)N[C@@H](CCCCN)C(N)=O. The summed E-state index contributed by atoms with van der Waals surface area (Å²) in [7, 11) is 0. The van der Waals surface area contributed by atoms with Crippen molar-refractivity contribution in [2.24, 2.45) is 81.6 Å². The Kier molecular flexibility index (Phi) is 56.0. The molecule has 14 atom stereocenters. The molecule has 0 aromatic heterocycles. The van der Waals surface area contributed by atoms with Crippen LogP contribution in [0.2, 0.25) is 0 Å². The second-order valence-electron chi connectivity index (χ2n) is 35.7. The average molecular weight is 1720 g/mol. The first-order valence-electron chi connectivity index (χ1n) is 44.8. The van der Waals surface area contributed by atoms with Crippen LogP contribution in [0.1, 0.15) is 277 Å². The number of hydrogen-bond donors (Lipinski definition) is 20. The third-order valence-corrected chi connectivity index (χ3v) is 20.8. The summed E-state index contributed by atoms with van der Waals surface area (Å²) in [6.45, 7) is 29.1. The van der Waals surface area contributed by atoms with Gasteiger partial charge in [0, 0.05) is 13.5 Å². The average Bonchev–Trinajstić information content (AvgIpc) is 1.71. The number of carbonyl (C=O) groups is 15. The summed E-state index contributed by atoms with van der Waals surface area (Å²) >= 11 is 0. The smallest absolute Gasteiger partial charge is 0.245 e. The molecule has 0 aliphatic carbocycles. The van der Waals surface area contributed by atoms with Crippen molar-refractivity contribution in [2.75, 3.05) is 45.8 Å². The van der Waals surface area contributed by atoms with Gasteiger partial charge in [-0.2, -0.15) is 0 Å². The van der Waals surface area contributed by atoms with Crippen molar-refractivity contribution in [3.8, 4) is 0 Å². The van der Waals surface area contributed by atoms with Crippen molar-refractivity contribution < 1.29 is 71.9 Å². The largest absolute Gasteiger partial charge is 0.368 e. The zero-order chi connectivity index (χ0) is 91.6. The Morgan fingerprint density at radius 2 is 0.455 bits per heavy atom. The summed E-state index contributed by atoms with van der Waals surface area (Å²) in [4.78, 5) is 215. The lowest BCUT2D eigenvalue weighted by molar-refractivity contribution is -0.142. The minimum atomic E-state index is -1.31. The molecular weight excluding hydrogens is 1560 g/mol. The first kappa shape index (κ1) is 111. The van der Waals surface area contributed by atoms with E-state index in [1.54, 1.807) is 0 Å². The van der Waals surface area contributed by atoms with Crippen molar-refractivity contribution in [1.29, 1.82) is 0 Å². The van der Waals surface area contributed by atoms with Gasteiger partial charge < -0.3 is 114 Å². The fourth-order valence-corrected chi connectivity index (χ4v) is 14.5. The highest BCUT2D eigenvalue weighted by Crippen LogP contribution is 2.23. The van der Waals surface area contributed by atoms with Gasteiger partial charge in [0.2, 0.25) is 88.6 Å². The number of hydrogen-bond acceptors (Lipinski definition) is 21. The molecule has 36 nitrogen and oxygen atoms in total. The number of nitrogens with two attached hydrogens (primary N) is 7. The zero-order valence-corrected chi connectivity index (χ0v) is 75.8. The highest BCUT2D eigenvalue weighted by molar-refractivity contribution is 6.00. The lowest BCUT2D eigenvalue weighted by atomic mass is 9.98. The molecule has 0 bridgehead atoms. The normalized spacial score (nSPS) is 16.1. The molecule has 1 rings (SSSR count). The van der Waals surface area contributed by atoms with Crippen LogP contribution in [0.3, 0.4) is 0 Å². The molecule has 0 radical (unpaired) electrons. The van der Waals surface area contributed by atoms with Crippen molar-refractivity contribution in [3.05, 3.63) is 0 Å². The molecule has 696 valence electrons. The second-order valence-corrected chi connectivity index (χ2v) is 35.7. The van der Waals surface area contributed by atoms with Crippen LogP contribution < -0.4 is 109 Å². The van der Waals surface area contributed by atoms with Gasteiger partial charge in [0.1, 0.15) is 84.6 Å². The zero-order valence-electron chi connectivity index (χ0n) is 75.8. The van der Waals surface area contributed by atoms with E-state index in [0.29, 0.717) is 103 Å². The van der Waals surface area contributed by atoms with Crippen LogP contribution in [-0.4, -0.2) is 224 Å². The molecule has 121 heavy (non-hydrogen) atoms. The highest BCUT2D eigenvalue weighted by atomic mass is 16.2. The van der Waals surface area contributed by atoms with Crippen LogP contribution >= 0.6 is 0 Å². The number of rotatable bonds is 65. The van der Waals surface area contributed by atoms with Gasteiger partial charge in [0.15, 0.2) is 0 Å². The summed E-state index contributed by atoms with van der Waals surface area (Å²) in [5, 5.41) is 36.6. The third-order valence-electron chi connectivity index (χ3n) is 20.8. The molecule has 1 aliphatic rings. The first-order valence-corrected chi connectivity index (χ1v) is 44.8. The Hall–Kier alpha value is -8.19. The molecule has 0 saturated carbocycles. The van der Waals surface area contributed by atoms with E-state index in [4.69, 9.17) is 40.1 Å². The summed E-state index contributed by atoms with van der Waals surface area (Å²) in [6.07, 6.45) is 7.85. The van der Waals surface area contributed by atoms with Crippen molar-refractivity contribution in [2.45, 2.75) is 362 Å². The van der Waals surface area contributed by atoms with E-state index in [1.807, 2.05) is 96.9 Å². The lowest BCUT2D eigenvalue weighted by Gasteiger charge is -2.31.